The Morgan fingerprint density at radius 2 is 2.44 bits per heavy atom. The molecule has 0 saturated heterocycles. The van der Waals surface area contributed by atoms with Crippen LogP contribution in [-0.4, -0.2) is 17.0 Å². The summed E-state index contributed by atoms with van der Waals surface area (Å²) in [6.45, 7) is 2.31. The second-order valence-corrected chi connectivity index (χ2v) is 4.94. The molecule has 3 atom stereocenters. The van der Waals surface area contributed by atoms with Crippen molar-refractivity contribution < 1.29 is 0 Å². The highest BCUT2D eigenvalue weighted by Gasteiger charge is 2.28. The molecular formula is C13H23N3. The van der Waals surface area contributed by atoms with E-state index in [1.54, 1.807) is 0 Å². The minimum atomic E-state index is 0.407. The zero-order valence-electron chi connectivity index (χ0n) is 10.4. The first-order valence-electron chi connectivity index (χ1n) is 6.51. The summed E-state index contributed by atoms with van der Waals surface area (Å²) in [6, 6.07) is 0.407. The molecule has 0 amide bonds. The van der Waals surface area contributed by atoms with Crippen molar-refractivity contribution in [3.63, 3.8) is 0 Å². The summed E-state index contributed by atoms with van der Waals surface area (Å²) >= 11 is 0. The van der Waals surface area contributed by atoms with Crippen molar-refractivity contribution in [3.05, 3.63) is 18.2 Å². The van der Waals surface area contributed by atoms with Crippen LogP contribution in [0.5, 0.6) is 0 Å². The van der Waals surface area contributed by atoms with Gasteiger partial charge in [-0.2, -0.15) is 0 Å². The molecule has 1 saturated carbocycles. The number of aromatic nitrogens is 2. The largest absolute Gasteiger partial charge is 0.347 e. The molecule has 0 aliphatic heterocycles. The zero-order chi connectivity index (χ0) is 11.4. The maximum Gasteiger partial charge on any atom is 0.123 e. The molecule has 16 heavy (non-hydrogen) atoms. The Kier molecular flexibility index (Phi) is 3.99. The van der Waals surface area contributed by atoms with Gasteiger partial charge in [0.05, 0.1) is 6.04 Å². The topological polar surface area (TPSA) is 40.7 Å². The Labute approximate surface area is 98.1 Å². The van der Waals surface area contributed by atoms with Crippen LogP contribution in [0, 0.1) is 11.8 Å². The van der Waals surface area contributed by atoms with Gasteiger partial charge in [0, 0.05) is 12.4 Å². The van der Waals surface area contributed by atoms with E-state index in [-0.39, 0.29) is 0 Å². The molecule has 2 rings (SSSR count). The van der Waals surface area contributed by atoms with Crippen molar-refractivity contribution in [3.8, 4) is 0 Å². The van der Waals surface area contributed by atoms with Gasteiger partial charge < -0.3 is 10.3 Å². The number of nitrogens with zero attached hydrogens (tertiary/aromatic N) is 1. The fraction of sp³-hybridized carbons (Fsp3) is 0.769. The van der Waals surface area contributed by atoms with Gasteiger partial charge in [-0.05, 0) is 31.7 Å². The van der Waals surface area contributed by atoms with Crippen LogP contribution in [0.15, 0.2) is 12.4 Å². The van der Waals surface area contributed by atoms with Gasteiger partial charge in [-0.1, -0.05) is 26.2 Å². The van der Waals surface area contributed by atoms with Crippen LogP contribution in [0.1, 0.15) is 50.9 Å². The molecule has 0 aromatic carbocycles. The minimum absolute atomic E-state index is 0.407. The molecule has 1 fully saturated rings. The number of aromatic amines is 1. The van der Waals surface area contributed by atoms with Gasteiger partial charge in [-0.3, -0.25) is 0 Å². The maximum atomic E-state index is 4.40. The lowest BCUT2D eigenvalue weighted by Gasteiger charge is -2.33. The van der Waals surface area contributed by atoms with E-state index in [4.69, 9.17) is 0 Å². The number of hydrogen-bond acceptors (Lipinski definition) is 2. The third kappa shape index (κ3) is 2.46. The summed E-state index contributed by atoms with van der Waals surface area (Å²) in [6.07, 6.45) is 10.6. The first-order valence-corrected chi connectivity index (χ1v) is 6.51. The van der Waals surface area contributed by atoms with Crippen molar-refractivity contribution in [1.82, 2.24) is 15.3 Å². The maximum absolute atomic E-state index is 4.40. The normalized spacial score (nSPS) is 27.9. The number of hydrogen-bond donors (Lipinski definition) is 2. The molecule has 1 aromatic rings. The van der Waals surface area contributed by atoms with Gasteiger partial charge >= 0.3 is 0 Å². The fourth-order valence-electron chi connectivity index (χ4n) is 3.05. The van der Waals surface area contributed by atoms with E-state index in [1.165, 1.54) is 32.1 Å². The number of nitrogens with one attached hydrogen (secondary N) is 2. The Bertz CT molecular complexity index is 294. The highest BCUT2D eigenvalue weighted by molar-refractivity contribution is 4.99. The van der Waals surface area contributed by atoms with Gasteiger partial charge in [-0.15, -0.1) is 0 Å². The summed E-state index contributed by atoms with van der Waals surface area (Å²) in [7, 11) is 2.04. The van der Waals surface area contributed by atoms with Gasteiger partial charge in [0.15, 0.2) is 0 Å². The molecule has 1 aromatic heterocycles. The summed E-state index contributed by atoms with van der Waals surface area (Å²) in [4.78, 5) is 7.64. The van der Waals surface area contributed by atoms with Gasteiger partial charge in [0.2, 0.25) is 0 Å². The Balaban J connectivity index is 2.03. The van der Waals surface area contributed by atoms with E-state index in [2.05, 4.69) is 22.2 Å². The fourth-order valence-corrected chi connectivity index (χ4v) is 3.05. The molecule has 3 unspecified atom stereocenters. The molecule has 3 nitrogen and oxygen atoms in total. The summed E-state index contributed by atoms with van der Waals surface area (Å²) in [5.41, 5.74) is 0. The lowest BCUT2D eigenvalue weighted by Crippen LogP contribution is -2.30. The number of rotatable bonds is 4. The minimum Gasteiger partial charge on any atom is -0.347 e. The van der Waals surface area contributed by atoms with Crippen molar-refractivity contribution >= 4 is 0 Å². The number of H-pyrrole nitrogens is 1. The monoisotopic (exact) mass is 221 g/mol. The van der Waals surface area contributed by atoms with E-state index >= 15 is 0 Å². The average Bonchev–Trinajstić information content (AvgIpc) is 2.84. The van der Waals surface area contributed by atoms with E-state index in [9.17, 15) is 0 Å². The van der Waals surface area contributed by atoms with Crippen LogP contribution in [-0.2, 0) is 0 Å². The van der Waals surface area contributed by atoms with E-state index in [1.807, 2.05) is 19.4 Å². The highest BCUT2D eigenvalue weighted by atomic mass is 15.0. The van der Waals surface area contributed by atoms with Crippen LogP contribution in [0.25, 0.3) is 0 Å². The Morgan fingerprint density at radius 1 is 1.56 bits per heavy atom. The summed E-state index contributed by atoms with van der Waals surface area (Å²) in [5.74, 6) is 2.77. The van der Waals surface area contributed by atoms with Crippen molar-refractivity contribution in [2.75, 3.05) is 7.05 Å². The third-order valence-electron chi connectivity index (χ3n) is 4.00. The smallest absolute Gasteiger partial charge is 0.123 e. The van der Waals surface area contributed by atoms with Crippen LogP contribution in [0.3, 0.4) is 0 Å². The van der Waals surface area contributed by atoms with Crippen LogP contribution < -0.4 is 5.32 Å². The second kappa shape index (κ2) is 5.48. The van der Waals surface area contributed by atoms with Gasteiger partial charge in [0.25, 0.3) is 0 Å². The SMILES string of the molecule is CCC1CCCC(C(NC)c2ncc[nH]2)C1. The van der Waals surface area contributed by atoms with E-state index < -0.39 is 0 Å². The first kappa shape index (κ1) is 11.6. The third-order valence-corrected chi connectivity index (χ3v) is 4.00. The lowest BCUT2D eigenvalue weighted by molar-refractivity contribution is 0.210. The summed E-state index contributed by atoms with van der Waals surface area (Å²) in [5, 5.41) is 3.43. The lowest BCUT2D eigenvalue weighted by atomic mass is 9.76. The van der Waals surface area contributed by atoms with Gasteiger partial charge in [-0.25, -0.2) is 4.98 Å². The van der Waals surface area contributed by atoms with Crippen LogP contribution in [0.4, 0.5) is 0 Å². The molecular weight excluding hydrogens is 198 g/mol. The number of imidazole rings is 1. The van der Waals surface area contributed by atoms with Gasteiger partial charge in [0.1, 0.15) is 5.82 Å². The summed E-state index contributed by atoms with van der Waals surface area (Å²) < 4.78 is 0. The molecule has 3 heteroatoms. The first-order chi connectivity index (χ1) is 7.85. The molecule has 0 radical (unpaired) electrons. The Hall–Kier alpha value is -0.830. The molecule has 90 valence electrons. The molecule has 0 bridgehead atoms. The molecule has 1 heterocycles. The second-order valence-electron chi connectivity index (χ2n) is 4.94. The Morgan fingerprint density at radius 3 is 3.06 bits per heavy atom. The quantitative estimate of drug-likeness (QED) is 0.820. The van der Waals surface area contributed by atoms with Crippen LogP contribution >= 0.6 is 0 Å². The predicted molar refractivity (Wildman–Crippen MR) is 66.1 cm³/mol. The highest BCUT2D eigenvalue weighted by Crippen LogP contribution is 2.37. The average molecular weight is 221 g/mol. The molecule has 0 spiro atoms. The van der Waals surface area contributed by atoms with Crippen molar-refractivity contribution in [1.29, 1.82) is 0 Å². The van der Waals surface area contributed by atoms with Crippen LogP contribution in [0.2, 0.25) is 0 Å². The zero-order valence-corrected chi connectivity index (χ0v) is 10.4. The van der Waals surface area contributed by atoms with Crippen molar-refractivity contribution in [2.24, 2.45) is 11.8 Å². The van der Waals surface area contributed by atoms with E-state index in [0.717, 1.165) is 17.7 Å². The van der Waals surface area contributed by atoms with E-state index in [0.29, 0.717) is 6.04 Å². The molecule has 2 N–H and O–H groups in total. The predicted octanol–water partition coefficient (Wildman–Crippen LogP) is 2.89. The van der Waals surface area contributed by atoms with Crippen molar-refractivity contribution in [2.45, 2.75) is 45.1 Å². The molecule has 1 aliphatic rings. The molecule has 1 aliphatic carbocycles. The standard InChI is InChI=1S/C13H23N3/c1-3-10-5-4-6-11(9-10)12(14-2)13-15-7-8-16-13/h7-8,10-12,14H,3-6,9H2,1-2H3,(H,15,16).